The largest absolute Gasteiger partial charge is 0.337 e. The molecule has 1 aliphatic heterocycles. The van der Waals surface area contributed by atoms with Crippen molar-refractivity contribution in [3.05, 3.63) is 34.1 Å². The van der Waals surface area contributed by atoms with E-state index in [1.54, 1.807) is 0 Å². The van der Waals surface area contributed by atoms with Crippen LogP contribution in [0.4, 0.5) is 0 Å². The standard InChI is InChI=1S/C14H16BrN3O/c1-8-3-4-10(11(15)7-8)13-17-14(19-18-13)12-9(2)5-6-16-12/h3-4,7,9,12,16H,5-6H2,1-2H3. The Morgan fingerprint density at radius 2 is 2.26 bits per heavy atom. The monoisotopic (exact) mass is 321 g/mol. The molecule has 1 saturated heterocycles. The molecular weight excluding hydrogens is 306 g/mol. The van der Waals surface area contributed by atoms with Gasteiger partial charge in [0.05, 0.1) is 6.04 Å². The molecule has 2 heterocycles. The second-order valence-corrected chi connectivity index (χ2v) is 5.99. The van der Waals surface area contributed by atoms with Gasteiger partial charge in [-0.25, -0.2) is 0 Å². The summed E-state index contributed by atoms with van der Waals surface area (Å²) >= 11 is 3.55. The van der Waals surface area contributed by atoms with E-state index in [1.807, 2.05) is 12.1 Å². The molecule has 0 saturated carbocycles. The normalized spacial score (nSPS) is 22.9. The Labute approximate surface area is 120 Å². The summed E-state index contributed by atoms with van der Waals surface area (Å²) in [5.74, 6) is 1.87. The molecule has 4 nitrogen and oxygen atoms in total. The van der Waals surface area contributed by atoms with Crippen LogP contribution in [0.3, 0.4) is 0 Å². The van der Waals surface area contributed by atoms with Crippen LogP contribution in [0.2, 0.25) is 0 Å². The van der Waals surface area contributed by atoms with Gasteiger partial charge in [0.25, 0.3) is 0 Å². The van der Waals surface area contributed by atoms with Crippen molar-refractivity contribution in [1.29, 1.82) is 0 Å². The van der Waals surface area contributed by atoms with Crippen molar-refractivity contribution in [2.24, 2.45) is 5.92 Å². The van der Waals surface area contributed by atoms with E-state index >= 15 is 0 Å². The van der Waals surface area contributed by atoms with Crippen LogP contribution >= 0.6 is 15.9 Å². The molecule has 0 bridgehead atoms. The first-order chi connectivity index (χ1) is 9.15. The molecule has 2 unspecified atom stereocenters. The van der Waals surface area contributed by atoms with Gasteiger partial charge in [0.1, 0.15) is 0 Å². The maximum Gasteiger partial charge on any atom is 0.244 e. The molecule has 19 heavy (non-hydrogen) atoms. The lowest BCUT2D eigenvalue weighted by molar-refractivity contribution is 0.319. The van der Waals surface area contributed by atoms with Crippen LogP contribution in [-0.4, -0.2) is 16.7 Å². The molecule has 1 N–H and O–H groups in total. The van der Waals surface area contributed by atoms with Gasteiger partial charge in [-0.3, -0.25) is 0 Å². The van der Waals surface area contributed by atoms with Gasteiger partial charge in [-0.15, -0.1) is 0 Å². The number of nitrogens with one attached hydrogen (secondary N) is 1. The molecule has 1 aliphatic rings. The third-order valence-corrected chi connectivity index (χ3v) is 4.26. The van der Waals surface area contributed by atoms with Crippen molar-refractivity contribution < 1.29 is 4.52 Å². The van der Waals surface area contributed by atoms with E-state index in [0.717, 1.165) is 23.0 Å². The molecule has 100 valence electrons. The minimum atomic E-state index is 0.186. The predicted molar refractivity (Wildman–Crippen MR) is 76.7 cm³/mol. The molecule has 0 amide bonds. The van der Waals surface area contributed by atoms with E-state index in [1.165, 1.54) is 5.56 Å². The van der Waals surface area contributed by atoms with Crippen molar-refractivity contribution >= 4 is 15.9 Å². The van der Waals surface area contributed by atoms with Crippen LogP contribution in [0.5, 0.6) is 0 Å². The topological polar surface area (TPSA) is 51.0 Å². The number of rotatable bonds is 2. The lowest BCUT2D eigenvalue weighted by atomic mass is 10.0. The van der Waals surface area contributed by atoms with E-state index in [9.17, 15) is 0 Å². The summed E-state index contributed by atoms with van der Waals surface area (Å²) in [7, 11) is 0. The Morgan fingerprint density at radius 3 is 2.95 bits per heavy atom. The van der Waals surface area contributed by atoms with Crippen molar-refractivity contribution in [1.82, 2.24) is 15.5 Å². The minimum absolute atomic E-state index is 0.186. The van der Waals surface area contributed by atoms with E-state index < -0.39 is 0 Å². The molecule has 2 atom stereocenters. The maximum atomic E-state index is 5.41. The van der Waals surface area contributed by atoms with Crippen LogP contribution in [0.1, 0.15) is 30.8 Å². The van der Waals surface area contributed by atoms with Gasteiger partial charge >= 0.3 is 0 Å². The summed E-state index contributed by atoms with van der Waals surface area (Å²) < 4.78 is 6.41. The highest BCUT2D eigenvalue weighted by Gasteiger charge is 2.29. The molecule has 2 aromatic rings. The lowest BCUT2D eigenvalue weighted by Gasteiger charge is -2.09. The Morgan fingerprint density at radius 1 is 1.42 bits per heavy atom. The van der Waals surface area contributed by atoms with E-state index in [4.69, 9.17) is 4.52 Å². The first-order valence-electron chi connectivity index (χ1n) is 6.48. The number of hydrogen-bond acceptors (Lipinski definition) is 4. The van der Waals surface area contributed by atoms with Gasteiger partial charge in [-0.05, 0) is 43.5 Å². The van der Waals surface area contributed by atoms with Crippen molar-refractivity contribution in [3.63, 3.8) is 0 Å². The number of aromatic nitrogens is 2. The van der Waals surface area contributed by atoms with E-state index in [0.29, 0.717) is 17.6 Å². The summed E-state index contributed by atoms with van der Waals surface area (Å²) in [5.41, 5.74) is 2.16. The van der Waals surface area contributed by atoms with Gasteiger partial charge in [-0.2, -0.15) is 4.98 Å². The van der Waals surface area contributed by atoms with Crippen molar-refractivity contribution in [3.8, 4) is 11.4 Å². The number of benzene rings is 1. The predicted octanol–water partition coefficient (Wildman–Crippen LogP) is 3.48. The minimum Gasteiger partial charge on any atom is -0.337 e. The molecule has 1 aromatic carbocycles. The van der Waals surface area contributed by atoms with Crippen molar-refractivity contribution in [2.75, 3.05) is 6.54 Å². The number of nitrogens with zero attached hydrogens (tertiary/aromatic N) is 2. The first-order valence-corrected chi connectivity index (χ1v) is 7.28. The van der Waals surface area contributed by atoms with Crippen LogP contribution in [0, 0.1) is 12.8 Å². The van der Waals surface area contributed by atoms with Gasteiger partial charge in [0.2, 0.25) is 11.7 Å². The lowest BCUT2D eigenvalue weighted by Crippen LogP contribution is -2.16. The summed E-state index contributed by atoms with van der Waals surface area (Å²) in [4.78, 5) is 4.53. The third-order valence-electron chi connectivity index (χ3n) is 3.61. The molecule has 0 aliphatic carbocycles. The third kappa shape index (κ3) is 2.44. The van der Waals surface area contributed by atoms with E-state index in [2.05, 4.69) is 51.3 Å². The fourth-order valence-corrected chi connectivity index (χ4v) is 3.11. The molecular formula is C14H16BrN3O. The molecule has 3 rings (SSSR count). The zero-order valence-corrected chi connectivity index (χ0v) is 12.6. The van der Waals surface area contributed by atoms with Crippen LogP contribution in [-0.2, 0) is 0 Å². The average molecular weight is 322 g/mol. The van der Waals surface area contributed by atoms with Crippen LogP contribution in [0.25, 0.3) is 11.4 Å². The zero-order valence-electron chi connectivity index (χ0n) is 11.0. The molecule has 1 aromatic heterocycles. The number of aryl methyl sites for hydroxylation is 1. The fraction of sp³-hybridized carbons (Fsp3) is 0.429. The highest BCUT2D eigenvalue weighted by Crippen LogP contribution is 2.31. The molecule has 0 radical (unpaired) electrons. The van der Waals surface area contributed by atoms with Gasteiger partial charge in [0.15, 0.2) is 0 Å². The van der Waals surface area contributed by atoms with Gasteiger partial charge < -0.3 is 9.84 Å². The summed E-state index contributed by atoms with van der Waals surface area (Å²) in [5, 5.41) is 7.50. The first kappa shape index (κ1) is 12.8. The fourth-order valence-electron chi connectivity index (χ4n) is 2.44. The van der Waals surface area contributed by atoms with Crippen LogP contribution < -0.4 is 5.32 Å². The Hall–Kier alpha value is -1.20. The molecule has 1 fully saturated rings. The number of halogens is 1. The summed E-state index contributed by atoms with van der Waals surface area (Å²) in [6.07, 6.45) is 1.15. The Balaban J connectivity index is 1.92. The van der Waals surface area contributed by atoms with E-state index in [-0.39, 0.29) is 6.04 Å². The maximum absolute atomic E-state index is 5.41. The Kier molecular flexibility index (Phi) is 3.41. The van der Waals surface area contributed by atoms with Gasteiger partial charge in [0, 0.05) is 10.0 Å². The molecule has 0 spiro atoms. The second kappa shape index (κ2) is 5.06. The quantitative estimate of drug-likeness (QED) is 0.920. The van der Waals surface area contributed by atoms with Crippen LogP contribution in [0.15, 0.2) is 27.2 Å². The highest BCUT2D eigenvalue weighted by atomic mass is 79.9. The molecule has 5 heteroatoms. The van der Waals surface area contributed by atoms with Crippen molar-refractivity contribution in [2.45, 2.75) is 26.3 Å². The number of hydrogen-bond donors (Lipinski definition) is 1. The highest BCUT2D eigenvalue weighted by molar-refractivity contribution is 9.10. The SMILES string of the molecule is Cc1ccc(-c2noc(C3NCCC3C)n2)c(Br)c1. The Bertz CT molecular complexity index is 596. The summed E-state index contributed by atoms with van der Waals surface area (Å²) in [6, 6.07) is 6.30. The average Bonchev–Trinajstić information content (AvgIpc) is 2.97. The summed E-state index contributed by atoms with van der Waals surface area (Å²) in [6.45, 7) is 5.27. The zero-order chi connectivity index (χ0) is 13.4. The van der Waals surface area contributed by atoms with Gasteiger partial charge in [-0.1, -0.05) is 34.1 Å². The second-order valence-electron chi connectivity index (χ2n) is 5.14. The smallest absolute Gasteiger partial charge is 0.244 e.